The number of benzene rings is 2. The van der Waals surface area contributed by atoms with Gasteiger partial charge in [0.15, 0.2) is 11.5 Å². The number of thiazole rings is 1. The van der Waals surface area contributed by atoms with E-state index in [0.29, 0.717) is 10.0 Å². The molecular formula is C19H15Cl2N3O2S. The zero-order valence-electron chi connectivity index (χ0n) is 14.6. The molecule has 1 aromatic heterocycles. The van der Waals surface area contributed by atoms with Crippen molar-refractivity contribution in [1.29, 1.82) is 0 Å². The minimum Gasteiger partial charge on any atom is -0.454 e. The van der Waals surface area contributed by atoms with Crippen molar-refractivity contribution in [2.75, 3.05) is 13.8 Å². The van der Waals surface area contributed by atoms with Crippen LogP contribution in [0.4, 0.5) is 0 Å². The van der Waals surface area contributed by atoms with Crippen molar-refractivity contribution in [3.63, 3.8) is 0 Å². The lowest BCUT2D eigenvalue weighted by atomic mass is 10.1. The van der Waals surface area contributed by atoms with Gasteiger partial charge in [0.2, 0.25) is 11.6 Å². The van der Waals surface area contributed by atoms with Crippen LogP contribution in [0, 0.1) is 0 Å². The average Bonchev–Trinajstić information content (AvgIpc) is 3.29. The standard InChI is InChI=1S/C19H15Cl2N3O2S/c1-11(12-3-6-17-18(7-12)26-10-25-17)23-24-16(9-27-19(24)22-2)14-8-13(20)4-5-15(14)21/h3-9H,10H2,1-2H3. The fraction of sp³-hybridized carbons (Fsp3) is 0.158. The molecule has 3 aromatic rings. The maximum absolute atomic E-state index is 6.40. The van der Waals surface area contributed by atoms with Crippen LogP contribution in [-0.4, -0.2) is 24.2 Å². The van der Waals surface area contributed by atoms with Crippen LogP contribution in [0.2, 0.25) is 10.0 Å². The summed E-state index contributed by atoms with van der Waals surface area (Å²) in [6.45, 7) is 2.18. The molecule has 0 atom stereocenters. The highest BCUT2D eigenvalue weighted by molar-refractivity contribution is 7.07. The molecular weight excluding hydrogens is 405 g/mol. The summed E-state index contributed by atoms with van der Waals surface area (Å²) >= 11 is 14.0. The second-order valence-corrected chi connectivity index (χ2v) is 7.50. The molecule has 1 aliphatic heterocycles. The number of aromatic nitrogens is 1. The van der Waals surface area contributed by atoms with Crippen molar-refractivity contribution in [3.8, 4) is 22.8 Å². The van der Waals surface area contributed by atoms with Crippen LogP contribution in [0.3, 0.4) is 0 Å². The van der Waals surface area contributed by atoms with E-state index in [0.717, 1.165) is 38.8 Å². The first kappa shape index (κ1) is 18.1. The number of fused-ring (bicyclic) bond motifs is 1. The molecule has 2 heterocycles. The van der Waals surface area contributed by atoms with E-state index in [1.807, 2.05) is 36.6 Å². The van der Waals surface area contributed by atoms with Gasteiger partial charge in [-0.05, 0) is 43.3 Å². The van der Waals surface area contributed by atoms with E-state index < -0.39 is 0 Å². The quantitative estimate of drug-likeness (QED) is 0.557. The molecule has 5 nitrogen and oxygen atoms in total. The van der Waals surface area contributed by atoms with Crippen LogP contribution in [0.15, 0.2) is 51.9 Å². The fourth-order valence-corrected chi connectivity index (χ4v) is 3.93. The van der Waals surface area contributed by atoms with Crippen LogP contribution >= 0.6 is 34.5 Å². The lowest BCUT2D eigenvalue weighted by Crippen LogP contribution is -2.13. The predicted octanol–water partition coefficient (Wildman–Crippen LogP) is 5.05. The van der Waals surface area contributed by atoms with Crippen molar-refractivity contribution < 1.29 is 9.47 Å². The maximum Gasteiger partial charge on any atom is 0.231 e. The van der Waals surface area contributed by atoms with Crippen LogP contribution in [-0.2, 0) is 0 Å². The Morgan fingerprint density at radius 2 is 1.93 bits per heavy atom. The SMILES string of the molecule is CN=c1scc(-c2cc(Cl)ccc2Cl)n1N=C(C)c1ccc2c(c1)OCO2. The summed E-state index contributed by atoms with van der Waals surface area (Å²) in [7, 11) is 1.73. The van der Waals surface area contributed by atoms with Gasteiger partial charge in [0.1, 0.15) is 0 Å². The first-order valence-corrected chi connectivity index (χ1v) is 9.75. The fourth-order valence-electron chi connectivity index (χ4n) is 2.76. The summed E-state index contributed by atoms with van der Waals surface area (Å²) in [5.74, 6) is 1.46. The van der Waals surface area contributed by atoms with Crippen LogP contribution in [0.25, 0.3) is 11.3 Å². The van der Waals surface area contributed by atoms with Crippen molar-refractivity contribution in [1.82, 2.24) is 4.68 Å². The molecule has 0 saturated heterocycles. The van der Waals surface area contributed by atoms with Crippen molar-refractivity contribution >= 4 is 40.3 Å². The molecule has 27 heavy (non-hydrogen) atoms. The van der Waals surface area contributed by atoms with Gasteiger partial charge in [-0.3, -0.25) is 4.99 Å². The van der Waals surface area contributed by atoms with Gasteiger partial charge in [-0.2, -0.15) is 5.10 Å². The van der Waals surface area contributed by atoms with Gasteiger partial charge in [-0.1, -0.05) is 23.2 Å². The normalized spacial score (nSPS) is 14.1. The average molecular weight is 420 g/mol. The minimum atomic E-state index is 0.241. The molecule has 138 valence electrons. The highest BCUT2D eigenvalue weighted by Gasteiger charge is 2.15. The third-order valence-corrected chi connectivity index (χ3v) is 5.59. The Morgan fingerprint density at radius 1 is 1.11 bits per heavy atom. The van der Waals surface area contributed by atoms with E-state index in [2.05, 4.69) is 4.99 Å². The second-order valence-electron chi connectivity index (χ2n) is 5.82. The lowest BCUT2D eigenvalue weighted by molar-refractivity contribution is 0.174. The minimum absolute atomic E-state index is 0.241. The smallest absolute Gasteiger partial charge is 0.231 e. The number of nitrogens with zero attached hydrogens (tertiary/aromatic N) is 3. The summed E-state index contributed by atoms with van der Waals surface area (Å²) in [6.07, 6.45) is 0. The van der Waals surface area contributed by atoms with Crippen molar-refractivity contribution in [3.05, 3.63) is 62.2 Å². The van der Waals surface area contributed by atoms with E-state index >= 15 is 0 Å². The molecule has 0 saturated carbocycles. The molecule has 0 aliphatic carbocycles. The number of rotatable bonds is 3. The Hall–Kier alpha value is -2.28. The molecule has 4 rings (SSSR count). The maximum atomic E-state index is 6.40. The molecule has 0 N–H and O–H groups in total. The molecule has 2 aromatic carbocycles. The monoisotopic (exact) mass is 419 g/mol. The van der Waals surface area contributed by atoms with Gasteiger partial charge in [0.05, 0.1) is 16.4 Å². The molecule has 0 radical (unpaired) electrons. The summed E-state index contributed by atoms with van der Waals surface area (Å²) in [5.41, 5.74) is 3.37. The van der Waals surface area contributed by atoms with Gasteiger partial charge in [-0.25, -0.2) is 4.68 Å². The van der Waals surface area contributed by atoms with Gasteiger partial charge in [-0.15, -0.1) is 11.3 Å². The first-order valence-electron chi connectivity index (χ1n) is 8.11. The molecule has 8 heteroatoms. The van der Waals surface area contributed by atoms with E-state index in [1.165, 1.54) is 11.3 Å². The van der Waals surface area contributed by atoms with E-state index in [9.17, 15) is 0 Å². The zero-order chi connectivity index (χ0) is 19.0. The summed E-state index contributed by atoms with van der Waals surface area (Å²) in [4.78, 5) is 5.08. The van der Waals surface area contributed by atoms with E-state index in [1.54, 1.807) is 23.9 Å². The Labute approximate surface area is 170 Å². The van der Waals surface area contributed by atoms with Crippen LogP contribution < -0.4 is 14.3 Å². The predicted molar refractivity (Wildman–Crippen MR) is 109 cm³/mol. The Balaban J connectivity index is 1.83. The number of ether oxygens (including phenoxy) is 2. The Kier molecular flexibility index (Phi) is 4.95. The zero-order valence-corrected chi connectivity index (χ0v) is 16.9. The van der Waals surface area contributed by atoms with E-state index in [4.69, 9.17) is 37.8 Å². The van der Waals surface area contributed by atoms with Gasteiger partial charge in [0.25, 0.3) is 0 Å². The molecule has 0 unspecified atom stereocenters. The van der Waals surface area contributed by atoms with Gasteiger partial charge in [0, 0.05) is 28.6 Å². The summed E-state index contributed by atoms with van der Waals surface area (Å²) in [5, 5.41) is 7.96. The lowest BCUT2D eigenvalue weighted by Gasteiger charge is -2.08. The molecule has 0 amide bonds. The third kappa shape index (κ3) is 3.48. The van der Waals surface area contributed by atoms with E-state index in [-0.39, 0.29) is 6.79 Å². The third-order valence-electron chi connectivity index (χ3n) is 4.12. The van der Waals surface area contributed by atoms with Crippen molar-refractivity contribution in [2.24, 2.45) is 10.1 Å². The number of halogens is 2. The van der Waals surface area contributed by atoms with Crippen LogP contribution in [0.5, 0.6) is 11.5 Å². The van der Waals surface area contributed by atoms with Crippen LogP contribution in [0.1, 0.15) is 12.5 Å². The van der Waals surface area contributed by atoms with Crippen molar-refractivity contribution in [2.45, 2.75) is 6.92 Å². The Bertz CT molecular complexity index is 1120. The highest BCUT2D eigenvalue weighted by atomic mass is 35.5. The van der Waals surface area contributed by atoms with Gasteiger partial charge < -0.3 is 9.47 Å². The largest absolute Gasteiger partial charge is 0.454 e. The number of hydrogen-bond donors (Lipinski definition) is 0. The summed E-state index contributed by atoms with van der Waals surface area (Å²) < 4.78 is 12.6. The highest BCUT2D eigenvalue weighted by Crippen LogP contribution is 2.33. The molecule has 1 aliphatic rings. The second kappa shape index (κ2) is 7.38. The molecule has 0 bridgehead atoms. The molecule has 0 fully saturated rings. The Morgan fingerprint density at radius 3 is 2.74 bits per heavy atom. The van der Waals surface area contributed by atoms with Gasteiger partial charge >= 0.3 is 0 Å². The topological polar surface area (TPSA) is 48.1 Å². The molecule has 0 spiro atoms. The first-order chi connectivity index (χ1) is 13.1. The summed E-state index contributed by atoms with van der Waals surface area (Å²) in [6, 6.07) is 11.1. The number of hydrogen-bond acceptors (Lipinski definition) is 5.